The maximum atomic E-state index is 10.4. The van der Waals surface area contributed by atoms with E-state index in [1.54, 1.807) is 0 Å². The van der Waals surface area contributed by atoms with Crippen LogP contribution in [0.5, 0.6) is 0 Å². The summed E-state index contributed by atoms with van der Waals surface area (Å²) in [4.78, 5) is 0. The summed E-state index contributed by atoms with van der Waals surface area (Å²) in [6.07, 6.45) is 9.55. The van der Waals surface area contributed by atoms with Crippen LogP contribution in [0.3, 0.4) is 0 Å². The van der Waals surface area contributed by atoms with Crippen molar-refractivity contribution in [1.29, 1.82) is 0 Å². The van der Waals surface area contributed by atoms with Crippen LogP contribution < -0.4 is 0 Å². The predicted octanol–water partition coefficient (Wildman–Crippen LogP) is 25.6. The van der Waals surface area contributed by atoms with E-state index in [9.17, 15) is 30.6 Å². The largest absolute Gasteiger partial charge is 0.437 e. The van der Waals surface area contributed by atoms with Gasteiger partial charge in [-0.2, -0.15) is 0 Å². The van der Waals surface area contributed by atoms with E-state index in [4.69, 9.17) is 102 Å². The number of aliphatic hydroxyl groups is 6. The molecule has 0 aliphatic carbocycles. The third kappa shape index (κ3) is 82.1. The second-order valence-electron chi connectivity index (χ2n) is 56.1. The van der Waals surface area contributed by atoms with Gasteiger partial charge in [-0.3, -0.25) is 0 Å². The summed E-state index contributed by atoms with van der Waals surface area (Å²) in [6.45, 7) is 121. The average molecular weight is 2510 g/mol. The Hall–Kier alpha value is 4.01. The van der Waals surface area contributed by atoms with Crippen LogP contribution in [0.2, 0.25) is 389 Å². The molecule has 0 aliphatic rings. The molecule has 6 N–H and O–H groups in total. The lowest BCUT2D eigenvalue weighted by molar-refractivity contribution is -0.0770. The third-order valence-corrected chi connectivity index (χ3v) is 107. The Morgan fingerprint density at radius 2 is 0.272 bits per heavy atom. The van der Waals surface area contributed by atoms with Crippen LogP contribution in [0.15, 0.2) is 0 Å². The molecule has 0 aromatic carbocycles. The maximum absolute atomic E-state index is 10.4. The molecule has 0 spiro atoms. The number of hydrogen-bond donors (Lipinski definition) is 6. The SMILES string of the molecule is CCCC[Si](C)(C)O[Si](C)(C)O[Si](C)(C)CCCOCC(CO)(CO)COCCC[Si](C)(C)O[Si](C)(C)O[Si](C)(C)CCCC.C[Si](C)(C)O[Si](C)(C)O[Si](C)(CCCOCC(CO)(CO)COCCC[Si](C)(O[Si](C)(C)C)O[Si](C)(C)O[Si](C)(C)C)O[Si](C)(C)C.C[Si](C)(C)O[Si](C)(C)O[Si](C)(CCCOCC(CO)(CO)COCCC[Si](C)(O[Si](C)(C)O[Si](C)(C)C)O[Si](C)(C)O[Si](C)(C)C)O[Si](C)(C)O[Si](C)(C)C. The summed E-state index contributed by atoms with van der Waals surface area (Å²) in [7, 11) is -51.4. The van der Waals surface area contributed by atoms with E-state index in [-0.39, 0.29) is 79.3 Å². The lowest BCUT2D eigenvalue weighted by atomic mass is 9.92. The minimum atomic E-state index is -2.74. The predicted molar refractivity (Wildman–Crippen MR) is 673 cm³/mol. The molecule has 0 saturated heterocycles. The highest BCUT2D eigenvalue weighted by Crippen LogP contribution is 2.38. The summed E-state index contributed by atoms with van der Waals surface area (Å²) in [6, 6.07) is 7.33. The quantitative estimate of drug-likeness (QED) is 0.0243. The van der Waals surface area contributed by atoms with Crippen molar-refractivity contribution in [2.75, 3.05) is 119 Å². The number of aliphatic hydroxyl groups excluding tert-OH is 6. The molecule has 147 heavy (non-hydrogen) atoms. The molecule has 0 aliphatic heterocycles. The maximum Gasteiger partial charge on any atom is 0.317 e. The first-order chi connectivity index (χ1) is 65.5. The van der Waals surface area contributed by atoms with Crippen molar-refractivity contribution in [1.82, 2.24) is 0 Å². The van der Waals surface area contributed by atoms with Gasteiger partial charge in [-0.05, 0) is 427 Å². The molecule has 0 radical (unpaired) electrons. The smallest absolute Gasteiger partial charge is 0.317 e. The van der Waals surface area contributed by atoms with Gasteiger partial charge < -0.3 is 133 Å². The summed E-state index contributed by atoms with van der Waals surface area (Å²) >= 11 is 0. The van der Waals surface area contributed by atoms with E-state index in [2.05, 4.69) is 354 Å². The first kappa shape index (κ1) is 155. The normalized spacial score (nSPS) is 15.6. The molecular weight excluding hydrogens is 2270 g/mol. The van der Waals surface area contributed by atoms with E-state index in [1.807, 2.05) is 0 Å². The Labute approximate surface area is 929 Å². The lowest BCUT2D eigenvalue weighted by Crippen LogP contribution is -2.59. The fourth-order valence-corrected chi connectivity index (χ4v) is 130. The topological polar surface area (TPSA) is 343 Å². The van der Waals surface area contributed by atoms with Gasteiger partial charge in [0.05, 0.1) is 95.5 Å². The Morgan fingerprint density at radius 1 is 0.150 bits per heavy atom. The third-order valence-electron chi connectivity index (χ3n) is 21.8. The zero-order chi connectivity index (χ0) is 116. The van der Waals surface area contributed by atoms with Crippen molar-refractivity contribution in [3.8, 4) is 0 Å². The Morgan fingerprint density at radius 3 is 0.401 bits per heavy atom. The van der Waals surface area contributed by atoms with Crippen LogP contribution >= 0.6 is 0 Å². The highest BCUT2D eigenvalue weighted by molar-refractivity contribution is 6.95. The van der Waals surface area contributed by atoms with E-state index in [1.165, 1.54) is 37.8 Å². The van der Waals surface area contributed by atoms with Gasteiger partial charge in [-0.1, -0.05) is 39.5 Å². The molecule has 54 heteroatoms. The minimum Gasteiger partial charge on any atom is -0.437 e. The van der Waals surface area contributed by atoms with Gasteiger partial charge in [0.2, 0.25) is 0 Å². The fourth-order valence-electron chi connectivity index (χ4n) is 19.3. The number of hydrogen-bond acceptors (Lipinski definition) is 30. The molecule has 888 valence electrons. The first-order valence-electron chi connectivity index (χ1n) is 55.2. The Bertz CT molecular complexity index is 3240. The fraction of sp³-hybridized carbons (Fsp3) is 1.00. The summed E-state index contributed by atoms with van der Waals surface area (Å²) in [5.41, 5.74) is -2.61. The van der Waals surface area contributed by atoms with Crippen LogP contribution in [0.1, 0.15) is 78.1 Å². The molecule has 0 amide bonds. The van der Waals surface area contributed by atoms with Crippen molar-refractivity contribution in [2.24, 2.45) is 16.2 Å². The molecule has 2 atom stereocenters. The molecule has 30 nitrogen and oxygen atoms in total. The Balaban J connectivity index is -0.00000213. The van der Waals surface area contributed by atoms with Gasteiger partial charge >= 0.3 is 103 Å². The molecule has 2 unspecified atom stereocenters. The van der Waals surface area contributed by atoms with E-state index < -0.39 is 219 Å². The Kier molecular flexibility index (Phi) is 68.8. The van der Waals surface area contributed by atoms with E-state index in [0.29, 0.717) is 64.6 Å². The molecule has 0 aromatic heterocycles. The minimum absolute atomic E-state index is 0.165. The van der Waals surface area contributed by atoms with E-state index in [0.717, 1.165) is 49.9 Å². The van der Waals surface area contributed by atoms with Crippen LogP contribution in [-0.2, 0) is 102 Å². The summed E-state index contributed by atoms with van der Waals surface area (Å²) in [5.74, 6) is 0. The summed E-state index contributed by atoms with van der Waals surface area (Å²) < 4.78 is 157. The van der Waals surface area contributed by atoms with Crippen LogP contribution in [0, 0.1) is 16.2 Å². The molecule has 0 rings (SSSR count). The van der Waals surface area contributed by atoms with Crippen molar-refractivity contribution in [3.63, 3.8) is 0 Å². The number of rotatable bonds is 84. The number of ether oxygens (including phenoxy) is 6. The van der Waals surface area contributed by atoms with Crippen LogP contribution in [0.4, 0.5) is 0 Å². The van der Waals surface area contributed by atoms with Crippen molar-refractivity contribution < 1.29 is 133 Å². The molecule has 0 aromatic rings. The van der Waals surface area contributed by atoms with Gasteiger partial charge in [-0.25, -0.2) is 0 Å². The second-order valence-corrected chi connectivity index (χ2v) is 154. The van der Waals surface area contributed by atoms with Crippen molar-refractivity contribution in [3.05, 3.63) is 0 Å². The first-order valence-corrected chi connectivity index (χ1v) is 128. The standard InChI is InChI=1S/C33H88O12Si10.C31H76O8Si6.C29H76O10Si8/c1-46(2,3)38-50(13,14)42-54(21,43-51(15,16)39-47(4,5)6)27-23-25-36-31-33(29-34,30-35)32-37-26-24-28-55(22,44-52(17,18)40-48(7,8)9)45-53(19,20)41-49(10,11)12;1-15-17-23-40(3,4)36-44(11,12)38-42(7,8)25-19-21-34-29-31(27-32,28-33)30-35-22-20-26-43(9,10)39-45(13,14)37-41(5,6)24-18-16-2;1-40(2,3)34-44(13,14)38-46(17,36-42(7,8)9)23-19-21-32-27-29(25-30,26-31)28-33-22-20-24-47(18,37-43(10,11)12)39-45(15,16)35-41(4,5)6/h34-35H,23-32H2,1-22H3;32-33H,15-30H2,1-14H3;30-31H,19-28H2,1-18H3. The van der Waals surface area contributed by atoms with Gasteiger partial charge in [0, 0.05) is 39.6 Å². The van der Waals surface area contributed by atoms with Crippen molar-refractivity contribution >= 4 is 203 Å². The van der Waals surface area contributed by atoms with Crippen LogP contribution in [0.25, 0.3) is 0 Å². The average Bonchev–Trinajstić information content (AvgIpc) is 0.800. The molecule has 0 saturated carbocycles. The van der Waals surface area contributed by atoms with E-state index >= 15 is 0 Å². The van der Waals surface area contributed by atoms with Gasteiger partial charge in [0.25, 0.3) is 0 Å². The number of unbranched alkanes of at least 4 members (excludes halogenated alkanes) is 2. The highest BCUT2D eigenvalue weighted by atomic mass is 28.5. The zero-order valence-electron chi connectivity index (χ0n) is 105. The zero-order valence-corrected chi connectivity index (χ0v) is 129. The van der Waals surface area contributed by atoms with Crippen molar-refractivity contribution in [2.45, 2.75) is 467 Å². The van der Waals surface area contributed by atoms with Crippen LogP contribution in [-0.4, -0.2) is 352 Å². The van der Waals surface area contributed by atoms with Gasteiger partial charge in [-0.15, -0.1) is 0 Å². The summed E-state index contributed by atoms with van der Waals surface area (Å²) in [5, 5.41) is 61.6. The van der Waals surface area contributed by atoms with Gasteiger partial charge in [0.15, 0.2) is 99.8 Å². The molecule has 0 fully saturated rings. The lowest BCUT2D eigenvalue weighted by Gasteiger charge is -2.43. The van der Waals surface area contributed by atoms with Gasteiger partial charge in [0.1, 0.15) is 0 Å². The molecule has 0 bridgehead atoms. The highest BCUT2D eigenvalue weighted by Gasteiger charge is 2.53. The molecular formula is C93H240O30Si24. The monoisotopic (exact) mass is 2510 g/mol. The molecule has 0 heterocycles. The second kappa shape index (κ2) is 65.2.